The summed E-state index contributed by atoms with van der Waals surface area (Å²) < 4.78 is 0. The molecule has 214 valence electrons. The van der Waals surface area contributed by atoms with E-state index < -0.39 is 0 Å². The van der Waals surface area contributed by atoms with Crippen molar-refractivity contribution in [3.05, 3.63) is 0 Å². The maximum Gasteiger partial charge on any atom is 0.223 e. The number of carbonyl (C=O) groups excluding carboxylic acids is 1. The van der Waals surface area contributed by atoms with Crippen molar-refractivity contribution in [3.8, 4) is 0 Å². The zero-order valence-corrected chi connectivity index (χ0v) is 25.5. The third kappa shape index (κ3) is 5.96. The van der Waals surface area contributed by atoms with E-state index in [0.717, 1.165) is 67.2 Å². The van der Waals surface area contributed by atoms with Crippen molar-refractivity contribution in [2.24, 2.45) is 58.2 Å². The number of rotatable bonds is 11. The van der Waals surface area contributed by atoms with Crippen LogP contribution in [0.5, 0.6) is 0 Å². The van der Waals surface area contributed by atoms with Crippen LogP contribution < -0.4 is 16.0 Å². The van der Waals surface area contributed by atoms with Gasteiger partial charge in [0.2, 0.25) is 5.91 Å². The van der Waals surface area contributed by atoms with Crippen molar-refractivity contribution >= 4 is 5.91 Å². The van der Waals surface area contributed by atoms with Gasteiger partial charge in [-0.2, -0.15) is 0 Å². The van der Waals surface area contributed by atoms with Gasteiger partial charge in [0.05, 0.1) is 6.17 Å². The Morgan fingerprint density at radius 2 is 1.54 bits per heavy atom. The molecule has 0 radical (unpaired) electrons. The van der Waals surface area contributed by atoms with Crippen molar-refractivity contribution in [1.29, 1.82) is 0 Å². The Labute approximate surface area is 229 Å². The maximum absolute atomic E-state index is 13.1. The minimum absolute atomic E-state index is 0.230. The Morgan fingerprint density at radius 1 is 0.838 bits per heavy atom. The minimum Gasteiger partial charge on any atom is -0.356 e. The highest BCUT2D eigenvalue weighted by atomic mass is 16.1. The van der Waals surface area contributed by atoms with Gasteiger partial charge in [-0.15, -0.1) is 0 Å². The van der Waals surface area contributed by atoms with Crippen LogP contribution in [0.25, 0.3) is 0 Å². The Balaban J connectivity index is 1.34. The number of hydrogen-bond acceptors (Lipinski definition) is 3. The fraction of sp³-hybridized carbons (Fsp3) is 0.970. The first kappa shape index (κ1) is 29.4. The van der Waals surface area contributed by atoms with Gasteiger partial charge >= 0.3 is 0 Å². The van der Waals surface area contributed by atoms with E-state index in [9.17, 15) is 4.79 Å². The molecule has 4 fully saturated rings. The third-order valence-corrected chi connectivity index (χ3v) is 12.7. The summed E-state index contributed by atoms with van der Waals surface area (Å²) in [5, 5.41) is 9.77. The first-order valence-corrected chi connectivity index (χ1v) is 16.3. The van der Waals surface area contributed by atoms with Crippen LogP contribution in [0.4, 0.5) is 0 Å². The van der Waals surface area contributed by atoms with Crippen molar-refractivity contribution < 1.29 is 4.79 Å². The van der Waals surface area contributed by atoms with E-state index in [-0.39, 0.29) is 12.1 Å². The minimum atomic E-state index is 0.230. The monoisotopic (exact) mass is 515 g/mol. The molecule has 0 aromatic rings. The summed E-state index contributed by atoms with van der Waals surface area (Å²) in [7, 11) is 3.94. The van der Waals surface area contributed by atoms with Gasteiger partial charge in [0, 0.05) is 12.5 Å². The Bertz CT molecular complexity index is 750. The maximum atomic E-state index is 13.1. The molecule has 0 aromatic heterocycles. The van der Waals surface area contributed by atoms with Gasteiger partial charge in [0.25, 0.3) is 0 Å². The number of carbonyl (C=O) groups is 1. The molecular weight excluding hydrogens is 454 g/mol. The van der Waals surface area contributed by atoms with Gasteiger partial charge in [-0.25, -0.2) is 0 Å². The third-order valence-electron chi connectivity index (χ3n) is 12.7. The first-order valence-electron chi connectivity index (χ1n) is 16.3. The predicted octanol–water partition coefficient (Wildman–Crippen LogP) is 7.00. The van der Waals surface area contributed by atoms with E-state index in [2.05, 4.69) is 50.6 Å². The molecular formula is C33H61N3O. The van der Waals surface area contributed by atoms with Gasteiger partial charge in [-0.3, -0.25) is 4.79 Å². The molecule has 0 spiro atoms. The Morgan fingerprint density at radius 3 is 2.24 bits per heavy atom. The summed E-state index contributed by atoms with van der Waals surface area (Å²) >= 11 is 0. The van der Waals surface area contributed by atoms with Gasteiger partial charge in [0.1, 0.15) is 0 Å². The molecule has 9 atom stereocenters. The zero-order valence-electron chi connectivity index (χ0n) is 25.5. The molecule has 4 heteroatoms. The van der Waals surface area contributed by atoms with Crippen LogP contribution in [0.15, 0.2) is 0 Å². The molecule has 0 heterocycles. The molecule has 0 aromatic carbocycles. The largest absolute Gasteiger partial charge is 0.356 e. The quantitative estimate of drug-likeness (QED) is 0.260. The lowest BCUT2D eigenvalue weighted by Crippen LogP contribution is -2.54. The average Bonchev–Trinajstić information content (AvgIpc) is 3.23. The second-order valence-corrected chi connectivity index (χ2v) is 14.9. The highest BCUT2D eigenvalue weighted by Crippen LogP contribution is 2.68. The summed E-state index contributed by atoms with van der Waals surface area (Å²) in [6.07, 6.45) is 17.6. The summed E-state index contributed by atoms with van der Waals surface area (Å²) in [4.78, 5) is 13.1. The Kier molecular flexibility index (Phi) is 9.75. The van der Waals surface area contributed by atoms with Crippen LogP contribution in [-0.4, -0.2) is 32.7 Å². The molecule has 4 aliphatic rings. The topological polar surface area (TPSA) is 53.2 Å². The Hall–Kier alpha value is -0.610. The molecule has 2 unspecified atom stereocenters. The highest BCUT2D eigenvalue weighted by molar-refractivity contribution is 5.78. The van der Waals surface area contributed by atoms with E-state index in [1.165, 1.54) is 64.2 Å². The highest BCUT2D eigenvalue weighted by Gasteiger charge is 2.60. The van der Waals surface area contributed by atoms with Gasteiger partial charge in [-0.1, -0.05) is 53.9 Å². The van der Waals surface area contributed by atoms with Crippen molar-refractivity contribution in [3.63, 3.8) is 0 Å². The van der Waals surface area contributed by atoms with Crippen molar-refractivity contribution in [1.82, 2.24) is 16.0 Å². The van der Waals surface area contributed by atoms with Crippen LogP contribution in [0.2, 0.25) is 0 Å². The summed E-state index contributed by atoms with van der Waals surface area (Å²) in [5.41, 5.74) is 1.04. The molecule has 0 bridgehead atoms. The molecule has 4 rings (SSSR count). The molecule has 1 amide bonds. The second kappa shape index (κ2) is 12.3. The van der Waals surface area contributed by atoms with E-state index in [1.807, 2.05) is 14.1 Å². The number of nitrogens with one attached hydrogen (secondary N) is 3. The zero-order chi connectivity index (χ0) is 26.8. The van der Waals surface area contributed by atoms with Crippen LogP contribution in [-0.2, 0) is 4.79 Å². The van der Waals surface area contributed by atoms with Crippen molar-refractivity contribution in [2.45, 2.75) is 124 Å². The standard InChI is InChI=1S/C33H61N3O/c1-22(2)9-8-10-23(3)27-13-14-28-26-12-11-25-21-24(31(37)36-20-17-30(34-6)35-7)15-18-32(25,4)29(26)16-19-33(27,28)5/h22-30,34-35H,8-21H2,1-7H3,(H,36,37)/t23-,24?,25?,26+,27-,28+,29+,32+,33-/m1/s1. The van der Waals surface area contributed by atoms with Gasteiger partial charge in [0.15, 0.2) is 0 Å². The van der Waals surface area contributed by atoms with E-state index >= 15 is 0 Å². The molecule has 4 aliphatic carbocycles. The first-order chi connectivity index (χ1) is 17.6. The van der Waals surface area contributed by atoms with E-state index in [4.69, 9.17) is 0 Å². The summed E-state index contributed by atoms with van der Waals surface area (Å²) in [5.74, 6) is 6.77. The molecule has 0 saturated heterocycles. The molecule has 37 heavy (non-hydrogen) atoms. The fourth-order valence-electron chi connectivity index (χ4n) is 10.4. The second-order valence-electron chi connectivity index (χ2n) is 14.9. The number of hydrogen-bond donors (Lipinski definition) is 3. The van der Waals surface area contributed by atoms with E-state index in [0.29, 0.717) is 16.7 Å². The van der Waals surface area contributed by atoms with Crippen LogP contribution in [0.3, 0.4) is 0 Å². The lowest BCUT2D eigenvalue weighted by atomic mass is 9.44. The SMILES string of the molecule is CNC(CCNC(=O)C1CC[C@@]2(C)C(CC[C@H]3[C@@H]4CC[C@H]([C@H](C)CCCC(C)C)[C@@]4(C)CC[C@@H]32)C1)NC. The average molecular weight is 516 g/mol. The molecule has 4 saturated carbocycles. The van der Waals surface area contributed by atoms with Gasteiger partial charge in [-0.05, 0) is 131 Å². The number of fused-ring (bicyclic) bond motifs is 5. The van der Waals surface area contributed by atoms with Crippen LogP contribution in [0.1, 0.15) is 118 Å². The van der Waals surface area contributed by atoms with Crippen LogP contribution >= 0.6 is 0 Å². The smallest absolute Gasteiger partial charge is 0.223 e. The van der Waals surface area contributed by atoms with Crippen LogP contribution in [0, 0.1) is 58.2 Å². The molecule has 3 N–H and O–H groups in total. The fourth-order valence-corrected chi connectivity index (χ4v) is 10.4. The van der Waals surface area contributed by atoms with Crippen molar-refractivity contribution in [2.75, 3.05) is 20.6 Å². The predicted molar refractivity (Wildman–Crippen MR) is 156 cm³/mol. The van der Waals surface area contributed by atoms with E-state index in [1.54, 1.807) is 0 Å². The van der Waals surface area contributed by atoms with Gasteiger partial charge < -0.3 is 16.0 Å². The lowest BCUT2D eigenvalue weighted by molar-refractivity contribution is -0.139. The normalized spacial score (nSPS) is 40.2. The lowest BCUT2D eigenvalue weighted by Gasteiger charge is -2.61. The summed E-state index contributed by atoms with van der Waals surface area (Å²) in [6.45, 7) is 13.5. The number of amides is 1. The molecule has 0 aliphatic heterocycles. The molecule has 4 nitrogen and oxygen atoms in total. The summed E-state index contributed by atoms with van der Waals surface area (Å²) in [6, 6.07) is 0.